The Hall–Kier alpha value is -2.85. The van der Waals surface area contributed by atoms with Crippen molar-refractivity contribution >= 4 is 27.5 Å². The fourth-order valence-electron chi connectivity index (χ4n) is 3.00. The second-order valence-corrected chi connectivity index (χ2v) is 6.81. The summed E-state index contributed by atoms with van der Waals surface area (Å²) in [7, 11) is 1.89. The number of benzene rings is 2. The van der Waals surface area contributed by atoms with Crippen LogP contribution in [0.15, 0.2) is 78.2 Å². The van der Waals surface area contributed by atoms with Crippen molar-refractivity contribution in [3.8, 4) is 0 Å². The number of hydrogen-bond donors (Lipinski definition) is 0. The molecule has 0 fully saturated rings. The molecule has 0 radical (unpaired) electrons. The van der Waals surface area contributed by atoms with Crippen molar-refractivity contribution in [1.82, 2.24) is 4.57 Å². The summed E-state index contributed by atoms with van der Waals surface area (Å²) in [6.45, 7) is 0. The molecule has 0 amide bonds. The maximum absolute atomic E-state index is 12.9. The van der Waals surface area contributed by atoms with Gasteiger partial charge in [0.25, 0.3) is 0 Å². The number of thiophene rings is 1. The lowest BCUT2D eigenvalue weighted by Gasteiger charge is -2.19. The van der Waals surface area contributed by atoms with E-state index < -0.39 is 6.10 Å². The van der Waals surface area contributed by atoms with Crippen molar-refractivity contribution in [3.05, 3.63) is 95.0 Å². The highest BCUT2D eigenvalue weighted by molar-refractivity contribution is 7.17. The number of fused-ring (bicyclic) bond motifs is 1. The number of aryl methyl sites for hydroxylation is 1. The summed E-state index contributed by atoms with van der Waals surface area (Å²) in [5, 5.41) is 2.02. The van der Waals surface area contributed by atoms with Crippen LogP contribution in [0, 0.1) is 0 Å². The van der Waals surface area contributed by atoms with E-state index in [1.54, 1.807) is 11.3 Å². The van der Waals surface area contributed by atoms with E-state index in [1.807, 2.05) is 89.8 Å². The van der Waals surface area contributed by atoms with Gasteiger partial charge in [0, 0.05) is 7.05 Å². The zero-order valence-corrected chi connectivity index (χ0v) is 14.6. The number of carbonyl (C=O) groups excluding carboxylic acids is 1. The molecule has 0 unspecified atom stereocenters. The fourth-order valence-corrected chi connectivity index (χ4v) is 3.85. The first kappa shape index (κ1) is 15.7. The second-order valence-electron chi connectivity index (χ2n) is 5.87. The first-order chi connectivity index (χ1) is 12.2. The highest BCUT2D eigenvalue weighted by Crippen LogP contribution is 2.29. The molecule has 4 heteroatoms. The van der Waals surface area contributed by atoms with Gasteiger partial charge in [-0.05, 0) is 28.6 Å². The van der Waals surface area contributed by atoms with Gasteiger partial charge in [0.05, 0.1) is 10.2 Å². The van der Waals surface area contributed by atoms with Crippen LogP contribution in [0.2, 0.25) is 0 Å². The first-order valence-electron chi connectivity index (χ1n) is 8.08. The average molecular weight is 347 g/mol. The number of esters is 1. The highest BCUT2D eigenvalue weighted by Gasteiger charge is 2.22. The van der Waals surface area contributed by atoms with Gasteiger partial charge in [-0.25, -0.2) is 4.79 Å². The Labute approximate surface area is 150 Å². The molecule has 0 aliphatic heterocycles. The molecule has 2 heterocycles. The van der Waals surface area contributed by atoms with E-state index in [0.29, 0.717) is 5.69 Å². The second kappa shape index (κ2) is 6.57. The molecule has 0 atom stereocenters. The Morgan fingerprint density at radius 2 is 1.56 bits per heavy atom. The molecule has 2 aromatic carbocycles. The normalized spacial score (nSPS) is 11.1. The summed E-state index contributed by atoms with van der Waals surface area (Å²) in [6.07, 6.45) is -0.428. The molecule has 25 heavy (non-hydrogen) atoms. The lowest BCUT2D eigenvalue weighted by molar-refractivity contribution is 0.0367. The summed E-state index contributed by atoms with van der Waals surface area (Å²) in [5.41, 5.74) is 3.53. The molecule has 3 nitrogen and oxygen atoms in total. The highest BCUT2D eigenvalue weighted by atomic mass is 32.1. The summed E-state index contributed by atoms with van der Waals surface area (Å²) in [6, 6.07) is 23.6. The fraction of sp³-hybridized carbons (Fsp3) is 0.0952. The molecule has 0 bridgehead atoms. The zero-order valence-electron chi connectivity index (χ0n) is 13.8. The van der Waals surface area contributed by atoms with E-state index in [-0.39, 0.29) is 5.97 Å². The standard InChI is InChI=1S/C21H17NO2S/c1-22-17-12-13-25-19(17)14-18(22)21(23)24-20(15-8-4-2-5-9-15)16-10-6-3-7-11-16/h2-14,20H,1H3. The summed E-state index contributed by atoms with van der Waals surface area (Å²) in [4.78, 5) is 12.9. The molecule has 0 N–H and O–H groups in total. The number of nitrogens with zero attached hydrogens (tertiary/aromatic N) is 1. The van der Waals surface area contributed by atoms with Crippen LogP contribution in [0.3, 0.4) is 0 Å². The minimum atomic E-state index is -0.428. The van der Waals surface area contributed by atoms with Crippen molar-refractivity contribution < 1.29 is 9.53 Å². The smallest absolute Gasteiger partial charge is 0.355 e. The van der Waals surface area contributed by atoms with E-state index in [9.17, 15) is 4.79 Å². The van der Waals surface area contributed by atoms with Crippen LogP contribution in [0.5, 0.6) is 0 Å². The minimum Gasteiger partial charge on any atom is -0.448 e. The molecular weight excluding hydrogens is 330 g/mol. The number of carbonyl (C=O) groups is 1. The molecule has 2 aromatic heterocycles. The summed E-state index contributed by atoms with van der Waals surface area (Å²) in [5.74, 6) is -0.316. The number of ether oxygens (including phenoxy) is 1. The van der Waals surface area contributed by atoms with Crippen LogP contribution in [0.1, 0.15) is 27.7 Å². The molecule has 124 valence electrons. The number of hydrogen-bond acceptors (Lipinski definition) is 3. The van der Waals surface area contributed by atoms with Crippen LogP contribution >= 0.6 is 11.3 Å². The lowest BCUT2D eigenvalue weighted by atomic mass is 10.0. The summed E-state index contributed by atoms with van der Waals surface area (Å²) >= 11 is 1.62. The zero-order chi connectivity index (χ0) is 17.2. The largest absolute Gasteiger partial charge is 0.448 e. The van der Waals surface area contributed by atoms with Crippen molar-refractivity contribution in [3.63, 3.8) is 0 Å². The van der Waals surface area contributed by atoms with E-state index in [2.05, 4.69) is 0 Å². The van der Waals surface area contributed by atoms with E-state index in [1.165, 1.54) is 0 Å². The Morgan fingerprint density at radius 3 is 2.12 bits per heavy atom. The van der Waals surface area contributed by atoms with Crippen molar-refractivity contribution in [2.45, 2.75) is 6.10 Å². The third-order valence-corrected chi connectivity index (χ3v) is 5.16. The van der Waals surface area contributed by atoms with Gasteiger partial charge in [-0.15, -0.1) is 11.3 Å². The Morgan fingerprint density at radius 1 is 0.960 bits per heavy atom. The van der Waals surface area contributed by atoms with Crippen molar-refractivity contribution in [2.24, 2.45) is 7.05 Å². The molecule has 0 spiro atoms. The average Bonchev–Trinajstić information content (AvgIpc) is 3.24. The predicted molar refractivity (Wildman–Crippen MR) is 101 cm³/mol. The van der Waals surface area contributed by atoms with E-state index in [0.717, 1.165) is 21.3 Å². The minimum absolute atomic E-state index is 0.316. The van der Waals surface area contributed by atoms with Crippen LogP contribution in [-0.2, 0) is 11.8 Å². The van der Waals surface area contributed by atoms with Gasteiger partial charge in [-0.1, -0.05) is 60.7 Å². The topological polar surface area (TPSA) is 31.2 Å². The van der Waals surface area contributed by atoms with Crippen LogP contribution in [0.25, 0.3) is 10.2 Å². The SMILES string of the molecule is Cn1c(C(=O)OC(c2ccccc2)c2ccccc2)cc2sccc21. The van der Waals surface area contributed by atoms with Crippen LogP contribution < -0.4 is 0 Å². The lowest BCUT2D eigenvalue weighted by Crippen LogP contribution is -2.15. The Bertz CT molecular complexity index is 963. The van der Waals surface area contributed by atoms with Gasteiger partial charge in [0.1, 0.15) is 5.69 Å². The van der Waals surface area contributed by atoms with Crippen molar-refractivity contribution in [2.75, 3.05) is 0 Å². The third-order valence-electron chi connectivity index (χ3n) is 4.30. The van der Waals surface area contributed by atoms with Gasteiger partial charge in [-0.2, -0.15) is 0 Å². The van der Waals surface area contributed by atoms with Crippen LogP contribution in [-0.4, -0.2) is 10.5 Å². The summed E-state index contributed by atoms with van der Waals surface area (Å²) < 4.78 is 8.91. The third kappa shape index (κ3) is 2.96. The molecular formula is C21H17NO2S. The molecule has 0 saturated carbocycles. The quantitative estimate of drug-likeness (QED) is 0.476. The van der Waals surface area contributed by atoms with Crippen LogP contribution in [0.4, 0.5) is 0 Å². The molecule has 0 aliphatic rings. The number of aromatic nitrogens is 1. The maximum Gasteiger partial charge on any atom is 0.355 e. The van der Waals surface area contributed by atoms with E-state index in [4.69, 9.17) is 4.74 Å². The molecule has 0 saturated heterocycles. The Balaban J connectivity index is 1.70. The monoisotopic (exact) mass is 347 g/mol. The van der Waals surface area contributed by atoms with Gasteiger partial charge in [-0.3, -0.25) is 0 Å². The predicted octanol–water partition coefficient (Wildman–Crippen LogP) is 5.19. The van der Waals surface area contributed by atoms with E-state index >= 15 is 0 Å². The molecule has 4 rings (SSSR count). The van der Waals surface area contributed by atoms with Gasteiger partial charge >= 0.3 is 5.97 Å². The van der Waals surface area contributed by atoms with Gasteiger partial charge in [0.15, 0.2) is 6.10 Å². The first-order valence-corrected chi connectivity index (χ1v) is 8.96. The van der Waals surface area contributed by atoms with Gasteiger partial charge < -0.3 is 9.30 Å². The maximum atomic E-state index is 12.9. The molecule has 4 aromatic rings. The number of rotatable bonds is 4. The Kier molecular flexibility index (Phi) is 4.12. The van der Waals surface area contributed by atoms with Crippen molar-refractivity contribution in [1.29, 1.82) is 0 Å². The molecule has 0 aliphatic carbocycles. The van der Waals surface area contributed by atoms with Gasteiger partial charge in [0.2, 0.25) is 0 Å².